The Hall–Kier alpha value is -1.24. The fourth-order valence-corrected chi connectivity index (χ4v) is 1.22. The summed E-state index contributed by atoms with van der Waals surface area (Å²) < 4.78 is -1.04. The maximum atomic E-state index is 11.1. The van der Waals surface area contributed by atoms with Gasteiger partial charge in [0.05, 0.1) is 5.75 Å². The number of thioether (sulfide) groups is 1. The molecule has 0 heterocycles. The maximum absolute atomic E-state index is 11.1. The highest BCUT2D eigenvalue weighted by atomic mass is 32.2. The van der Waals surface area contributed by atoms with Crippen LogP contribution in [0.3, 0.4) is 0 Å². The monoisotopic (exact) mass is 234 g/mol. The molecule has 0 spiro atoms. The second-order valence-corrected chi connectivity index (χ2v) is 4.83. The van der Waals surface area contributed by atoms with E-state index in [-0.39, 0.29) is 5.75 Å². The van der Waals surface area contributed by atoms with Crippen molar-refractivity contribution in [1.29, 1.82) is 0 Å². The van der Waals surface area contributed by atoms with Crippen molar-refractivity contribution in [2.75, 3.05) is 12.8 Å². The summed E-state index contributed by atoms with van der Waals surface area (Å²) in [6, 6.07) is -0.603. The summed E-state index contributed by atoms with van der Waals surface area (Å²) in [4.78, 5) is 32.5. The van der Waals surface area contributed by atoms with E-state index in [9.17, 15) is 14.4 Å². The van der Waals surface area contributed by atoms with Crippen LogP contribution >= 0.6 is 11.8 Å². The first-order chi connectivity index (χ1) is 6.79. The van der Waals surface area contributed by atoms with E-state index in [1.165, 1.54) is 20.9 Å². The van der Waals surface area contributed by atoms with Crippen LogP contribution in [0, 0.1) is 0 Å². The first-order valence-electron chi connectivity index (χ1n) is 4.18. The SMILES string of the molecule is CNC(=O)NC(=O)CSC(C)(C)C(=O)O. The molecular formula is C8H14N2O4S. The van der Waals surface area contributed by atoms with Gasteiger partial charge in [-0.3, -0.25) is 14.9 Å². The summed E-state index contributed by atoms with van der Waals surface area (Å²) >= 11 is 0.956. The molecule has 0 aliphatic heterocycles. The topological polar surface area (TPSA) is 95.5 Å². The average Bonchev–Trinajstić information content (AvgIpc) is 2.14. The lowest BCUT2D eigenvalue weighted by Crippen LogP contribution is -2.39. The number of carboxylic acids is 1. The van der Waals surface area contributed by atoms with Gasteiger partial charge in [-0.05, 0) is 13.8 Å². The molecule has 0 aliphatic rings. The highest BCUT2D eigenvalue weighted by molar-refractivity contribution is 8.01. The largest absolute Gasteiger partial charge is 0.480 e. The number of carboxylic acid groups (broad SMARTS) is 1. The van der Waals surface area contributed by atoms with Gasteiger partial charge in [0.25, 0.3) is 0 Å². The third-order valence-electron chi connectivity index (χ3n) is 1.56. The first-order valence-corrected chi connectivity index (χ1v) is 5.17. The molecule has 0 bridgehead atoms. The average molecular weight is 234 g/mol. The molecule has 0 unspecified atom stereocenters. The molecule has 0 aromatic heterocycles. The second kappa shape index (κ2) is 5.59. The zero-order valence-electron chi connectivity index (χ0n) is 8.79. The fraction of sp³-hybridized carbons (Fsp3) is 0.625. The van der Waals surface area contributed by atoms with E-state index in [2.05, 4.69) is 5.32 Å². The van der Waals surface area contributed by atoms with Gasteiger partial charge >= 0.3 is 12.0 Å². The molecule has 3 N–H and O–H groups in total. The number of urea groups is 1. The Kier molecular flexibility index (Phi) is 5.13. The van der Waals surface area contributed by atoms with Gasteiger partial charge in [0.2, 0.25) is 5.91 Å². The van der Waals surface area contributed by atoms with Crippen LogP contribution in [0.5, 0.6) is 0 Å². The molecular weight excluding hydrogens is 220 g/mol. The number of aliphatic carboxylic acids is 1. The van der Waals surface area contributed by atoms with Crippen molar-refractivity contribution in [3.63, 3.8) is 0 Å². The van der Waals surface area contributed by atoms with Crippen molar-refractivity contribution in [2.45, 2.75) is 18.6 Å². The van der Waals surface area contributed by atoms with E-state index in [0.29, 0.717) is 0 Å². The van der Waals surface area contributed by atoms with Crippen LogP contribution in [-0.2, 0) is 9.59 Å². The molecule has 15 heavy (non-hydrogen) atoms. The molecule has 0 aromatic carbocycles. The standard InChI is InChI=1S/C8H14N2O4S/c1-8(2,6(12)13)15-4-5(11)10-7(14)9-3/h4H2,1-3H3,(H,12,13)(H2,9,10,11,14). The number of hydrogen-bond acceptors (Lipinski definition) is 4. The molecule has 0 radical (unpaired) electrons. The highest BCUT2D eigenvalue weighted by Crippen LogP contribution is 2.23. The highest BCUT2D eigenvalue weighted by Gasteiger charge is 2.28. The van der Waals surface area contributed by atoms with Gasteiger partial charge < -0.3 is 10.4 Å². The quantitative estimate of drug-likeness (QED) is 0.638. The predicted octanol–water partition coefficient (Wildman–Crippen LogP) is 0.0384. The van der Waals surface area contributed by atoms with Crippen molar-refractivity contribution < 1.29 is 19.5 Å². The summed E-state index contributed by atoms with van der Waals surface area (Å²) in [6.07, 6.45) is 0. The Labute approximate surface area is 91.8 Å². The van der Waals surface area contributed by atoms with Crippen molar-refractivity contribution in [2.24, 2.45) is 0 Å². The van der Waals surface area contributed by atoms with Crippen LogP contribution in [0.4, 0.5) is 4.79 Å². The number of rotatable bonds is 4. The summed E-state index contributed by atoms with van der Waals surface area (Å²) in [5, 5.41) is 13.0. The zero-order valence-corrected chi connectivity index (χ0v) is 9.60. The summed E-state index contributed by atoms with van der Waals surface area (Å²) in [5.41, 5.74) is 0. The van der Waals surface area contributed by atoms with Crippen molar-refractivity contribution in [3.05, 3.63) is 0 Å². The van der Waals surface area contributed by atoms with Gasteiger partial charge in [0, 0.05) is 7.05 Å². The number of carbonyl (C=O) groups excluding carboxylic acids is 2. The minimum Gasteiger partial charge on any atom is -0.480 e. The van der Waals surface area contributed by atoms with Crippen LogP contribution in [-0.4, -0.2) is 40.6 Å². The van der Waals surface area contributed by atoms with E-state index in [4.69, 9.17) is 5.11 Å². The Balaban J connectivity index is 4.01. The van der Waals surface area contributed by atoms with Gasteiger partial charge in [-0.2, -0.15) is 0 Å². The smallest absolute Gasteiger partial charge is 0.321 e. The van der Waals surface area contributed by atoms with Crippen LogP contribution < -0.4 is 10.6 Å². The molecule has 0 aliphatic carbocycles. The number of hydrogen-bond donors (Lipinski definition) is 3. The van der Waals surface area contributed by atoms with Crippen LogP contribution in [0.2, 0.25) is 0 Å². The number of carbonyl (C=O) groups is 3. The predicted molar refractivity (Wildman–Crippen MR) is 56.8 cm³/mol. The van der Waals surface area contributed by atoms with Crippen LogP contribution in [0.25, 0.3) is 0 Å². The summed E-state index contributed by atoms with van der Waals surface area (Å²) in [7, 11) is 1.39. The number of nitrogens with one attached hydrogen (secondary N) is 2. The van der Waals surface area contributed by atoms with Gasteiger partial charge in [-0.25, -0.2) is 4.79 Å². The van der Waals surface area contributed by atoms with Crippen LogP contribution in [0.15, 0.2) is 0 Å². The third kappa shape index (κ3) is 5.26. The van der Waals surface area contributed by atoms with E-state index in [1.807, 2.05) is 5.32 Å². The van der Waals surface area contributed by atoms with Gasteiger partial charge in [-0.1, -0.05) is 0 Å². The molecule has 6 nitrogen and oxygen atoms in total. The van der Waals surface area contributed by atoms with Gasteiger partial charge in [0.15, 0.2) is 0 Å². The molecule has 0 saturated heterocycles. The molecule has 0 aromatic rings. The minimum absolute atomic E-state index is 0.0767. The van der Waals surface area contributed by atoms with E-state index in [1.54, 1.807) is 0 Å². The Morgan fingerprint density at radius 1 is 1.33 bits per heavy atom. The lowest BCUT2D eigenvalue weighted by molar-refractivity contribution is -0.138. The lowest BCUT2D eigenvalue weighted by Gasteiger charge is -2.17. The maximum Gasteiger partial charge on any atom is 0.321 e. The first kappa shape index (κ1) is 13.8. The molecule has 0 rings (SSSR count). The van der Waals surface area contributed by atoms with Gasteiger partial charge in [-0.15, -0.1) is 11.8 Å². The lowest BCUT2D eigenvalue weighted by atomic mass is 10.2. The minimum atomic E-state index is -1.04. The van der Waals surface area contributed by atoms with Crippen LogP contribution in [0.1, 0.15) is 13.8 Å². The summed E-state index contributed by atoms with van der Waals surface area (Å²) in [5.74, 6) is -1.60. The third-order valence-corrected chi connectivity index (χ3v) is 2.86. The Bertz CT molecular complexity index is 278. The van der Waals surface area contributed by atoms with E-state index < -0.39 is 22.7 Å². The molecule has 3 amide bonds. The number of imide groups is 1. The van der Waals surface area contributed by atoms with Crippen molar-refractivity contribution >= 4 is 29.7 Å². The van der Waals surface area contributed by atoms with E-state index in [0.717, 1.165) is 11.8 Å². The molecule has 0 saturated carbocycles. The molecule has 7 heteroatoms. The number of amides is 3. The molecule has 86 valence electrons. The van der Waals surface area contributed by atoms with Crippen molar-refractivity contribution in [1.82, 2.24) is 10.6 Å². The van der Waals surface area contributed by atoms with E-state index >= 15 is 0 Å². The molecule has 0 atom stereocenters. The molecule has 0 fully saturated rings. The van der Waals surface area contributed by atoms with Gasteiger partial charge in [0.1, 0.15) is 4.75 Å². The normalized spacial score (nSPS) is 10.6. The Morgan fingerprint density at radius 3 is 2.27 bits per heavy atom. The fourth-order valence-electron chi connectivity index (χ4n) is 0.533. The Morgan fingerprint density at radius 2 is 1.87 bits per heavy atom. The van der Waals surface area contributed by atoms with Crippen molar-refractivity contribution in [3.8, 4) is 0 Å². The summed E-state index contributed by atoms with van der Waals surface area (Å²) in [6.45, 7) is 2.99. The second-order valence-electron chi connectivity index (χ2n) is 3.23. The zero-order chi connectivity index (χ0) is 12.1.